The van der Waals surface area contributed by atoms with Gasteiger partial charge in [0.15, 0.2) is 5.78 Å². The first kappa shape index (κ1) is 38.7. The second-order valence-corrected chi connectivity index (χ2v) is 30.2. The van der Waals surface area contributed by atoms with Gasteiger partial charge in [-0.2, -0.15) is 0 Å². The average molecular weight is 925 g/mol. The molecule has 2 aliphatic rings. The SMILES string of the molecule is CCC(CC)C(=O)/C=C(\O)C(CC)CC.[2H]C1=C(c2cc[c]([Ge]([CH3])([CH3])[CH3])cc2)[Si]2(C)Cc3c([c-]c4ccccc4c3C(C)C)-c3nccc1c32.[Ir]. The molecule has 0 spiro atoms. The van der Waals surface area contributed by atoms with Crippen molar-refractivity contribution in [2.45, 2.75) is 103 Å². The topological polar surface area (TPSA) is 50.2 Å². The van der Waals surface area contributed by atoms with E-state index in [0.29, 0.717) is 12.0 Å². The van der Waals surface area contributed by atoms with Gasteiger partial charge < -0.3 is 5.11 Å². The maximum atomic E-state index is 11.7. The van der Waals surface area contributed by atoms with Crippen LogP contribution in [0.3, 0.4) is 0 Å². The van der Waals surface area contributed by atoms with Gasteiger partial charge in [-0.15, -0.1) is 0 Å². The van der Waals surface area contributed by atoms with Crippen molar-refractivity contribution in [2.24, 2.45) is 11.8 Å². The first-order valence-corrected chi connectivity index (χ1v) is 28.5. The van der Waals surface area contributed by atoms with E-state index in [1.165, 1.54) is 53.9 Å². The average Bonchev–Trinajstić information content (AvgIpc) is 3.31. The van der Waals surface area contributed by atoms with Gasteiger partial charge in [-0.05, 0) is 25.7 Å². The molecule has 4 aromatic rings. The summed E-state index contributed by atoms with van der Waals surface area (Å²) in [4.78, 5) is 16.7. The molecule has 2 aliphatic heterocycles. The molecule has 0 saturated carbocycles. The zero-order valence-corrected chi connectivity index (χ0v) is 37.2. The van der Waals surface area contributed by atoms with E-state index < -0.39 is 21.3 Å². The second kappa shape index (κ2) is 16.4. The van der Waals surface area contributed by atoms with Crippen LogP contribution in [0, 0.1) is 17.9 Å². The summed E-state index contributed by atoms with van der Waals surface area (Å²) in [5, 5.41) is 14.9. The number of carbonyl (C=O) groups is 1. The molecule has 3 nitrogen and oxygen atoms in total. The fourth-order valence-electron chi connectivity index (χ4n) is 7.93. The number of ketones is 1. The zero-order valence-electron chi connectivity index (χ0n) is 32.8. The molecular formula is C44H56GeIrNO2Si-. The molecule has 1 atom stereocenters. The summed E-state index contributed by atoms with van der Waals surface area (Å²) < 4.78 is 10.9. The van der Waals surface area contributed by atoms with Gasteiger partial charge in [-0.25, -0.2) is 0 Å². The second-order valence-electron chi connectivity index (χ2n) is 15.5. The van der Waals surface area contributed by atoms with E-state index in [4.69, 9.17) is 4.98 Å². The van der Waals surface area contributed by atoms with Crippen LogP contribution in [0.4, 0.5) is 0 Å². The summed E-state index contributed by atoms with van der Waals surface area (Å²) >= 11 is -1.90. The van der Waals surface area contributed by atoms with Crippen molar-refractivity contribution in [3.05, 3.63) is 101 Å². The van der Waals surface area contributed by atoms with Gasteiger partial charge in [-0.1, -0.05) is 33.8 Å². The van der Waals surface area contributed by atoms with E-state index in [9.17, 15) is 11.3 Å². The first-order valence-electron chi connectivity index (χ1n) is 18.9. The molecule has 6 heteroatoms. The third-order valence-electron chi connectivity index (χ3n) is 10.9. The molecule has 1 N–H and O–H groups in total. The Balaban J connectivity index is 0.000000312. The van der Waals surface area contributed by atoms with Crippen LogP contribution in [0.1, 0.15) is 96.8 Å². The maximum absolute atomic E-state index is 11.7. The van der Waals surface area contributed by atoms with Crippen molar-refractivity contribution in [1.29, 1.82) is 0 Å². The molecule has 3 heterocycles. The smallest absolute Gasteiger partial charge is 0 e. The molecule has 6 rings (SSSR count). The van der Waals surface area contributed by atoms with Crippen molar-refractivity contribution in [2.75, 3.05) is 0 Å². The molecule has 1 aromatic heterocycles. The Kier molecular flexibility index (Phi) is 12.7. The number of aliphatic hydroxyl groups is 1. The van der Waals surface area contributed by atoms with E-state index in [-0.39, 0.29) is 43.5 Å². The number of pyridine rings is 1. The summed E-state index contributed by atoms with van der Waals surface area (Å²) in [5.41, 5.74) is 7.43. The molecular weight excluding hydrogens is 867 g/mol. The summed E-state index contributed by atoms with van der Waals surface area (Å²) in [6.07, 6.45) is 6.81. The summed E-state index contributed by atoms with van der Waals surface area (Å²) in [7, 11) is -2.23. The van der Waals surface area contributed by atoms with Crippen LogP contribution in [0.25, 0.3) is 33.3 Å². The minimum atomic E-state index is -2.23. The summed E-state index contributed by atoms with van der Waals surface area (Å²) in [5.74, 6) is 8.28. The summed E-state index contributed by atoms with van der Waals surface area (Å²) in [6, 6.07) is 25.5. The van der Waals surface area contributed by atoms with Crippen molar-refractivity contribution in [3.8, 4) is 11.3 Å². The van der Waals surface area contributed by atoms with E-state index in [1.54, 1.807) is 0 Å². The van der Waals surface area contributed by atoms with Gasteiger partial charge in [-0.3, -0.25) is 4.79 Å². The van der Waals surface area contributed by atoms with E-state index >= 15 is 0 Å². The van der Waals surface area contributed by atoms with Gasteiger partial charge in [0.05, 0.1) is 5.76 Å². The Labute approximate surface area is 320 Å². The van der Waals surface area contributed by atoms with Crippen LogP contribution < -0.4 is 9.58 Å². The number of benzene rings is 3. The summed E-state index contributed by atoms with van der Waals surface area (Å²) in [6.45, 7) is 15.2. The number of aromatic nitrogens is 1. The molecule has 0 saturated heterocycles. The Hall–Kier alpha value is -2.57. The number of hydrogen-bond acceptors (Lipinski definition) is 3. The van der Waals surface area contributed by atoms with Crippen LogP contribution in [0.2, 0.25) is 23.8 Å². The van der Waals surface area contributed by atoms with Crippen LogP contribution in [0.15, 0.2) is 72.6 Å². The molecule has 1 unspecified atom stereocenters. The van der Waals surface area contributed by atoms with E-state index in [1.807, 2.05) is 33.9 Å². The molecule has 50 heavy (non-hydrogen) atoms. The molecule has 3 aromatic carbocycles. The van der Waals surface area contributed by atoms with Crippen LogP contribution >= 0.6 is 0 Å². The Morgan fingerprint density at radius 1 is 0.980 bits per heavy atom. The largest absolute Gasteiger partial charge is 0 e. The number of nitrogens with zero attached hydrogens (tertiary/aromatic N) is 1. The monoisotopic (exact) mass is 926 g/mol. The standard InChI is InChI=1S/C31H32GeNSi.C13H24O2.Ir/c1-20(2)29-25-10-8-7-9-22(25)17-26-27(29)19-34(6)28(18-23-15-16-33-30(26)31(23)34)21-11-13-24(14-12-21)32(3,4)5;1-5-10(6-2)12(14)9-13(15)11(7-3)8-4;/h7-16,18,20H,19H2,1-6H3;9-11,14H,5-8H2,1-4H3;/q-1;;/b;12-9-;/i18D;;. The van der Waals surface area contributed by atoms with Crippen molar-refractivity contribution < 1.29 is 31.4 Å². The van der Waals surface area contributed by atoms with Gasteiger partial charge in [0.25, 0.3) is 0 Å². The Morgan fingerprint density at radius 3 is 2.18 bits per heavy atom. The predicted molar refractivity (Wildman–Crippen MR) is 216 cm³/mol. The maximum Gasteiger partial charge on any atom is 0 e. The Bertz CT molecular complexity index is 1950. The van der Waals surface area contributed by atoms with Crippen LogP contribution in [-0.2, 0) is 30.9 Å². The van der Waals surface area contributed by atoms with Crippen molar-refractivity contribution in [3.63, 3.8) is 0 Å². The van der Waals surface area contributed by atoms with Crippen LogP contribution in [-0.4, -0.2) is 37.2 Å². The molecule has 1 radical (unpaired) electrons. The third kappa shape index (κ3) is 7.77. The van der Waals surface area contributed by atoms with E-state index in [0.717, 1.165) is 43.0 Å². The molecule has 0 amide bonds. The van der Waals surface area contributed by atoms with E-state index in [2.05, 4.69) is 98.3 Å². The number of rotatable bonds is 10. The zero-order chi connectivity index (χ0) is 36.5. The quantitative estimate of drug-likeness (QED) is 0.0746. The third-order valence-corrected chi connectivity index (χ3v) is 19.4. The molecule has 0 aliphatic carbocycles. The number of allylic oxidation sites excluding steroid dienone is 2. The van der Waals surface area contributed by atoms with Gasteiger partial charge in [0, 0.05) is 38.0 Å². The minimum Gasteiger partial charge on any atom is 0 e. The fraction of sp³-hybridized carbons (Fsp3) is 0.409. The molecule has 267 valence electrons. The number of fused-ring (bicyclic) bond motifs is 3. The van der Waals surface area contributed by atoms with Crippen LogP contribution in [0.5, 0.6) is 0 Å². The number of hydrogen-bond donors (Lipinski definition) is 1. The molecule has 0 bridgehead atoms. The normalized spacial score (nSPS) is 17.0. The number of aliphatic hydroxyl groups excluding tert-OH is 1. The predicted octanol–water partition coefficient (Wildman–Crippen LogP) is 10.7. The Morgan fingerprint density at radius 2 is 1.60 bits per heavy atom. The fourth-order valence-corrected chi connectivity index (χ4v) is 14.7. The number of carbonyl (C=O) groups excluding carboxylic acids is 1. The minimum absolute atomic E-state index is 0. The van der Waals surface area contributed by atoms with Crippen molar-refractivity contribution >= 4 is 58.7 Å². The van der Waals surface area contributed by atoms with Gasteiger partial charge in [0.2, 0.25) is 0 Å². The van der Waals surface area contributed by atoms with Crippen molar-refractivity contribution in [1.82, 2.24) is 4.98 Å². The van der Waals surface area contributed by atoms with Gasteiger partial charge >= 0.3 is 203 Å². The first-order chi connectivity index (χ1) is 23.7. The molecule has 0 fully saturated rings. The van der Waals surface area contributed by atoms with Gasteiger partial charge in [0.1, 0.15) is 0 Å².